The molecule has 6 nitrogen and oxygen atoms in total. The van der Waals surface area contributed by atoms with Crippen molar-refractivity contribution in [1.82, 2.24) is 0 Å². The van der Waals surface area contributed by atoms with Crippen molar-refractivity contribution in [1.29, 1.82) is 0 Å². The van der Waals surface area contributed by atoms with Crippen molar-refractivity contribution in [2.24, 2.45) is 40.4 Å². The maximum absolute atomic E-state index is 12.2. The molecule has 0 radical (unpaired) electrons. The highest BCUT2D eigenvalue weighted by Gasteiger charge is 2.60. The molecule has 8 atom stereocenters. The Morgan fingerprint density at radius 2 is 1.46 bits per heavy atom. The molecule has 7 heteroatoms. The molecule has 162 valence electrons. The lowest BCUT2D eigenvalue weighted by molar-refractivity contribution is -0.138. The second kappa shape index (κ2) is 7.64. The van der Waals surface area contributed by atoms with Gasteiger partial charge in [0.05, 0.1) is 6.10 Å². The van der Waals surface area contributed by atoms with Crippen LogP contribution >= 0.6 is 0 Å². The van der Waals surface area contributed by atoms with Gasteiger partial charge in [0.2, 0.25) is 0 Å². The van der Waals surface area contributed by atoms with Crippen LogP contribution < -0.4 is 0 Å². The van der Waals surface area contributed by atoms with Crippen molar-refractivity contribution in [2.45, 2.75) is 84.7 Å². The Kier molecular flexibility index (Phi) is 6.05. The van der Waals surface area contributed by atoms with E-state index >= 15 is 0 Å². The largest absolute Gasteiger partial charge is 0.394 e. The lowest BCUT2D eigenvalue weighted by atomic mass is 9.44. The third-order valence-corrected chi connectivity index (χ3v) is 9.13. The van der Waals surface area contributed by atoms with Crippen LogP contribution in [0.1, 0.15) is 78.6 Å². The monoisotopic (exact) mass is 416 g/mol. The fourth-order valence-corrected chi connectivity index (χ4v) is 7.90. The van der Waals surface area contributed by atoms with E-state index in [9.17, 15) is 9.90 Å². The Labute approximate surface area is 169 Å². The molecule has 3 N–H and O–H groups in total. The van der Waals surface area contributed by atoms with Gasteiger partial charge < -0.3 is 5.11 Å². The number of hydrogen-bond acceptors (Lipinski definition) is 4. The number of carbonyl (C=O) groups excluding carboxylic acids is 1. The van der Waals surface area contributed by atoms with Crippen LogP contribution in [0.15, 0.2) is 0 Å². The Morgan fingerprint density at radius 1 is 0.893 bits per heavy atom. The molecular formula is C21H36O6S. The first-order chi connectivity index (χ1) is 12.9. The lowest BCUT2D eigenvalue weighted by Crippen LogP contribution is -2.54. The summed E-state index contributed by atoms with van der Waals surface area (Å²) < 4.78 is 31.6. The van der Waals surface area contributed by atoms with Crippen LogP contribution in [-0.2, 0) is 15.2 Å². The summed E-state index contributed by atoms with van der Waals surface area (Å²) in [5, 5.41) is 10.1. The topological polar surface area (TPSA) is 112 Å². The Bertz CT molecular complexity index is 698. The highest BCUT2D eigenvalue weighted by molar-refractivity contribution is 7.79. The van der Waals surface area contributed by atoms with Crippen LogP contribution in [0.3, 0.4) is 0 Å². The quantitative estimate of drug-likeness (QED) is 0.558. The van der Waals surface area contributed by atoms with Gasteiger partial charge in [-0.3, -0.25) is 13.9 Å². The van der Waals surface area contributed by atoms with E-state index < -0.39 is 10.4 Å². The first-order valence-electron chi connectivity index (χ1n) is 10.7. The maximum atomic E-state index is 12.2. The number of ketones is 1. The minimum Gasteiger partial charge on any atom is -0.393 e. The van der Waals surface area contributed by atoms with E-state index in [1.165, 1.54) is 38.5 Å². The van der Waals surface area contributed by atoms with Gasteiger partial charge in [-0.2, -0.15) is 8.42 Å². The third kappa shape index (κ3) is 4.05. The molecule has 0 amide bonds. The van der Waals surface area contributed by atoms with Gasteiger partial charge in [0.15, 0.2) is 0 Å². The number of hydrogen-bond donors (Lipinski definition) is 3. The van der Waals surface area contributed by atoms with E-state index in [-0.39, 0.29) is 11.5 Å². The van der Waals surface area contributed by atoms with E-state index in [2.05, 4.69) is 13.8 Å². The maximum Gasteiger partial charge on any atom is 0.394 e. The predicted molar refractivity (Wildman–Crippen MR) is 106 cm³/mol. The average molecular weight is 417 g/mol. The van der Waals surface area contributed by atoms with E-state index in [0.29, 0.717) is 17.1 Å². The number of aliphatic hydroxyl groups excluding tert-OH is 1. The van der Waals surface area contributed by atoms with Gasteiger partial charge in [0, 0.05) is 5.92 Å². The van der Waals surface area contributed by atoms with Gasteiger partial charge in [-0.25, -0.2) is 0 Å². The van der Waals surface area contributed by atoms with Crippen LogP contribution in [-0.4, -0.2) is 34.5 Å². The van der Waals surface area contributed by atoms with Crippen LogP contribution in [0, 0.1) is 40.4 Å². The summed E-state index contributed by atoms with van der Waals surface area (Å²) in [6, 6.07) is 0. The standard InChI is InChI=1S/C21H34O2.H2O4S/c1-13(22)17-6-7-18-16-5-4-14-12-15(23)8-10-20(14,2)19(16)9-11-21(17,18)3;1-5(2,3)4/h14-19,23H,4-12H2,1-3H3;(H2,1,2,3,4)/t14-,15-,16-,17?,18-,19-,20-,21+;/m0./s1. The number of fused-ring (bicyclic) bond motifs is 5. The average Bonchev–Trinajstić information content (AvgIpc) is 2.91. The van der Waals surface area contributed by atoms with E-state index in [0.717, 1.165) is 42.9 Å². The molecule has 0 aromatic carbocycles. The SMILES string of the molecule is CC(=O)C1CC[C@H]2[C@@H]3CC[C@H]4C[C@@H](O)CC[C@]4(C)[C@H]3CC[C@]12C.O=S(=O)(O)O. The molecule has 4 fully saturated rings. The van der Waals surface area contributed by atoms with Gasteiger partial charge in [-0.15, -0.1) is 0 Å². The lowest BCUT2D eigenvalue weighted by Gasteiger charge is -2.60. The molecule has 4 aliphatic carbocycles. The van der Waals surface area contributed by atoms with Crippen LogP contribution in [0.25, 0.3) is 0 Å². The van der Waals surface area contributed by atoms with Crippen molar-refractivity contribution < 1.29 is 27.4 Å². The Hall–Kier alpha value is -0.500. The number of aliphatic hydroxyl groups is 1. The third-order valence-electron chi connectivity index (χ3n) is 9.13. The molecule has 0 aliphatic heterocycles. The zero-order valence-corrected chi connectivity index (χ0v) is 18.1. The molecule has 0 aromatic heterocycles. The first-order valence-corrected chi connectivity index (χ1v) is 12.1. The summed E-state index contributed by atoms with van der Waals surface area (Å²) in [5.74, 6) is 3.97. The van der Waals surface area contributed by atoms with Crippen molar-refractivity contribution in [3.63, 3.8) is 0 Å². The second-order valence-electron chi connectivity index (χ2n) is 10.3. The fraction of sp³-hybridized carbons (Fsp3) is 0.952. The molecule has 4 aliphatic rings. The van der Waals surface area contributed by atoms with Gasteiger partial charge >= 0.3 is 10.4 Å². The molecule has 0 saturated heterocycles. The summed E-state index contributed by atoms with van der Waals surface area (Å²) in [6.45, 7) is 6.80. The molecule has 0 spiro atoms. The van der Waals surface area contributed by atoms with E-state index in [4.69, 9.17) is 17.5 Å². The van der Waals surface area contributed by atoms with Gasteiger partial charge in [-0.05, 0) is 99.2 Å². The van der Waals surface area contributed by atoms with Crippen molar-refractivity contribution >= 4 is 16.2 Å². The van der Waals surface area contributed by atoms with Gasteiger partial charge in [-0.1, -0.05) is 13.8 Å². The molecule has 4 saturated carbocycles. The molecular weight excluding hydrogens is 380 g/mol. The summed E-state index contributed by atoms with van der Waals surface area (Å²) in [4.78, 5) is 12.2. The summed E-state index contributed by atoms with van der Waals surface area (Å²) >= 11 is 0. The van der Waals surface area contributed by atoms with Gasteiger partial charge in [0.1, 0.15) is 5.78 Å². The van der Waals surface area contributed by atoms with Crippen LogP contribution in [0.5, 0.6) is 0 Å². The van der Waals surface area contributed by atoms with E-state index in [1.807, 2.05) is 6.92 Å². The molecule has 1 unspecified atom stereocenters. The zero-order chi connectivity index (χ0) is 20.9. The predicted octanol–water partition coefficient (Wildman–Crippen LogP) is 3.94. The van der Waals surface area contributed by atoms with Crippen molar-refractivity contribution in [3.05, 3.63) is 0 Å². The Balaban J connectivity index is 0.000000403. The summed E-state index contributed by atoms with van der Waals surface area (Å²) in [6.07, 6.45) is 10.9. The highest BCUT2D eigenvalue weighted by Crippen LogP contribution is 2.67. The van der Waals surface area contributed by atoms with Crippen LogP contribution in [0.2, 0.25) is 0 Å². The van der Waals surface area contributed by atoms with Crippen molar-refractivity contribution in [2.75, 3.05) is 0 Å². The first kappa shape index (κ1) is 22.2. The minimum absolute atomic E-state index is 0.0490. The Morgan fingerprint density at radius 3 is 2.07 bits per heavy atom. The normalized spacial score (nSPS) is 47.8. The zero-order valence-electron chi connectivity index (χ0n) is 17.3. The second-order valence-corrected chi connectivity index (χ2v) is 11.2. The molecule has 4 rings (SSSR count). The summed E-state index contributed by atoms with van der Waals surface area (Å²) in [5.41, 5.74) is 0.738. The smallest absolute Gasteiger partial charge is 0.393 e. The molecule has 0 bridgehead atoms. The van der Waals surface area contributed by atoms with Gasteiger partial charge in [0.25, 0.3) is 0 Å². The summed E-state index contributed by atoms with van der Waals surface area (Å²) in [7, 11) is -4.67. The minimum atomic E-state index is -4.67. The molecule has 0 aromatic rings. The number of carbonyl (C=O) groups is 1. The highest BCUT2D eigenvalue weighted by atomic mass is 32.3. The van der Waals surface area contributed by atoms with E-state index in [1.54, 1.807) is 0 Å². The van der Waals surface area contributed by atoms with Crippen molar-refractivity contribution in [3.8, 4) is 0 Å². The molecule has 0 heterocycles. The number of rotatable bonds is 1. The number of Topliss-reactive ketones (excluding diaryl/α,β-unsaturated/α-hetero) is 1. The molecule has 28 heavy (non-hydrogen) atoms. The fourth-order valence-electron chi connectivity index (χ4n) is 7.90. The van der Waals surface area contributed by atoms with Crippen LogP contribution in [0.4, 0.5) is 0 Å².